The number of carbonyl (C=O) groups excluding carboxylic acids is 1. The lowest BCUT2D eigenvalue weighted by Gasteiger charge is -2.28. The molecule has 0 saturated carbocycles. The van der Waals surface area contributed by atoms with Crippen LogP contribution in [0.15, 0.2) is 63.9 Å². The molecule has 0 saturated heterocycles. The van der Waals surface area contributed by atoms with Gasteiger partial charge in [-0.1, -0.05) is 54.1 Å². The van der Waals surface area contributed by atoms with E-state index in [1.54, 1.807) is 18.2 Å². The summed E-state index contributed by atoms with van der Waals surface area (Å²) in [4.78, 5) is 34.9. The topological polar surface area (TPSA) is 136 Å². The van der Waals surface area contributed by atoms with E-state index in [0.717, 1.165) is 29.7 Å². The number of carbonyl (C=O) groups is 2. The molecule has 0 aliphatic rings. The molecule has 1 amide bonds. The molecule has 0 bridgehead atoms. The van der Waals surface area contributed by atoms with Crippen molar-refractivity contribution in [3.05, 3.63) is 81.3 Å². The summed E-state index contributed by atoms with van der Waals surface area (Å²) in [6.45, 7) is 0.771. The molecular weight excluding hydrogens is 426 g/mol. The molecule has 1 heterocycles. The van der Waals surface area contributed by atoms with E-state index in [2.05, 4.69) is 5.43 Å². The van der Waals surface area contributed by atoms with Crippen molar-refractivity contribution >= 4 is 23.5 Å². The lowest BCUT2D eigenvalue weighted by molar-refractivity contribution is -0.159. The normalized spacial score (nSPS) is 13.0. The van der Waals surface area contributed by atoms with Gasteiger partial charge in [0.2, 0.25) is 5.76 Å². The highest BCUT2D eigenvalue weighted by Crippen LogP contribution is 2.27. The fraction of sp³-hybridized carbons (Fsp3) is 0.190. The molecule has 0 radical (unpaired) electrons. The molecule has 0 fully saturated rings. The standard InChI is InChI=1S/C21H20ClN3O6/c1-21(30,20(28)29)12-25(23-19(27)17-10-18(26)24-31-17)11-13-6-8-14(9-7-13)15-4-2-3-5-16(15)22/h2-10,30H,11-12H2,1H3,(H,23,27)(H,24,26)(H,28,29). The Bertz CT molecular complexity index is 1140. The number of hydrazine groups is 1. The van der Waals surface area contributed by atoms with Gasteiger partial charge in [0.1, 0.15) is 0 Å². The van der Waals surface area contributed by atoms with Crippen LogP contribution in [0.3, 0.4) is 0 Å². The fourth-order valence-electron chi connectivity index (χ4n) is 2.87. The highest BCUT2D eigenvalue weighted by molar-refractivity contribution is 6.33. The van der Waals surface area contributed by atoms with E-state index >= 15 is 0 Å². The number of aromatic nitrogens is 1. The van der Waals surface area contributed by atoms with E-state index in [0.29, 0.717) is 5.02 Å². The predicted octanol–water partition coefficient (Wildman–Crippen LogP) is 2.27. The Morgan fingerprint density at radius 2 is 1.87 bits per heavy atom. The van der Waals surface area contributed by atoms with Crippen molar-refractivity contribution in [2.24, 2.45) is 0 Å². The number of H-pyrrole nitrogens is 1. The van der Waals surface area contributed by atoms with Gasteiger partial charge in [0, 0.05) is 17.1 Å². The third kappa shape index (κ3) is 5.60. The molecule has 0 aliphatic carbocycles. The number of rotatable bonds is 8. The summed E-state index contributed by atoms with van der Waals surface area (Å²) >= 11 is 6.23. The SMILES string of the molecule is CC(O)(CN(Cc1ccc(-c2ccccc2Cl)cc1)NC(=O)c1cc(=O)[nH]o1)C(=O)O. The van der Waals surface area contributed by atoms with Crippen molar-refractivity contribution in [3.8, 4) is 11.1 Å². The molecule has 3 rings (SSSR count). The minimum Gasteiger partial charge on any atom is -0.479 e. The van der Waals surface area contributed by atoms with Crippen LogP contribution in [-0.4, -0.2) is 44.4 Å². The maximum Gasteiger partial charge on any atom is 0.336 e. The first kappa shape index (κ1) is 22.3. The number of aliphatic carboxylic acids is 1. The summed E-state index contributed by atoms with van der Waals surface area (Å²) < 4.78 is 4.76. The Morgan fingerprint density at radius 3 is 2.45 bits per heavy atom. The molecule has 3 aromatic rings. The van der Waals surface area contributed by atoms with Gasteiger partial charge in [-0.15, -0.1) is 0 Å². The molecule has 0 aliphatic heterocycles. The zero-order chi connectivity index (χ0) is 22.6. The van der Waals surface area contributed by atoms with E-state index in [1.165, 1.54) is 5.01 Å². The van der Waals surface area contributed by atoms with Crippen LogP contribution in [0.25, 0.3) is 11.1 Å². The molecule has 4 N–H and O–H groups in total. The van der Waals surface area contributed by atoms with Gasteiger partial charge in [-0.05, 0) is 24.1 Å². The number of benzene rings is 2. The molecule has 1 atom stereocenters. The first-order chi connectivity index (χ1) is 14.7. The third-order valence-electron chi connectivity index (χ3n) is 4.48. The summed E-state index contributed by atoms with van der Waals surface area (Å²) in [6, 6.07) is 15.6. The third-order valence-corrected chi connectivity index (χ3v) is 4.81. The van der Waals surface area contributed by atoms with Gasteiger partial charge in [-0.2, -0.15) is 5.16 Å². The Balaban J connectivity index is 1.80. The molecular formula is C21H20ClN3O6. The lowest BCUT2D eigenvalue weighted by atomic mass is 10.0. The van der Waals surface area contributed by atoms with Crippen LogP contribution >= 0.6 is 11.6 Å². The number of hydrogen-bond donors (Lipinski definition) is 4. The Morgan fingerprint density at radius 1 is 1.19 bits per heavy atom. The van der Waals surface area contributed by atoms with Crippen LogP contribution in [-0.2, 0) is 11.3 Å². The summed E-state index contributed by atoms with van der Waals surface area (Å²) in [6.07, 6.45) is 0. The summed E-state index contributed by atoms with van der Waals surface area (Å²) in [5.41, 5.74) is 2.20. The molecule has 0 spiro atoms. The predicted molar refractivity (Wildman–Crippen MR) is 112 cm³/mol. The smallest absolute Gasteiger partial charge is 0.336 e. The van der Waals surface area contributed by atoms with E-state index in [9.17, 15) is 24.6 Å². The van der Waals surface area contributed by atoms with E-state index in [1.807, 2.05) is 35.5 Å². The van der Waals surface area contributed by atoms with Crippen LogP contribution in [0, 0.1) is 0 Å². The fourth-order valence-corrected chi connectivity index (χ4v) is 3.12. The summed E-state index contributed by atoms with van der Waals surface area (Å²) in [5.74, 6) is -2.50. The number of halogens is 1. The zero-order valence-corrected chi connectivity index (χ0v) is 17.2. The van der Waals surface area contributed by atoms with Gasteiger partial charge in [-0.3, -0.25) is 15.0 Å². The van der Waals surface area contributed by atoms with Crippen molar-refractivity contribution in [3.63, 3.8) is 0 Å². The second-order valence-electron chi connectivity index (χ2n) is 7.13. The first-order valence-corrected chi connectivity index (χ1v) is 9.57. The van der Waals surface area contributed by atoms with Crippen molar-refractivity contribution < 1.29 is 24.3 Å². The number of aromatic amines is 1. The second-order valence-corrected chi connectivity index (χ2v) is 7.54. The lowest BCUT2D eigenvalue weighted by Crippen LogP contribution is -2.52. The number of carboxylic acids is 1. The maximum absolute atomic E-state index is 12.3. The van der Waals surface area contributed by atoms with Gasteiger partial charge in [0.25, 0.3) is 5.56 Å². The van der Waals surface area contributed by atoms with Crippen LogP contribution < -0.4 is 11.0 Å². The highest BCUT2D eigenvalue weighted by Gasteiger charge is 2.33. The van der Waals surface area contributed by atoms with Crippen molar-refractivity contribution in [1.29, 1.82) is 0 Å². The van der Waals surface area contributed by atoms with Crippen molar-refractivity contribution in [2.45, 2.75) is 19.1 Å². The number of hydrogen-bond acceptors (Lipinski definition) is 6. The Hall–Kier alpha value is -3.40. The number of nitrogens with one attached hydrogen (secondary N) is 2. The van der Waals surface area contributed by atoms with E-state index in [4.69, 9.17) is 16.1 Å². The molecule has 162 valence electrons. The highest BCUT2D eigenvalue weighted by atomic mass is 35.5. The number of aliphatic hydroxyl groups is 1. The van der Waals surface area contributed by atoms with Crippen LogP contribution in [0.1, 0.15) is 23.0 Å². The van der Waals surface area contributed by atoms with Crippen LogP contribution in [0.4, 0.5) is 0 Å². The monoisotopic (exact) mass is 445 g/mol. The quantitative estimate of drug-likeness (QED) is 0.390. The second kappa shape index (κ2) is 9.17. The largest absolute Gasteiger partial charge is 0.479 e. The molecule has 1 unspecified atom stereocenters. The Labute approximate surface area is 181 Å². The van der Waals surface area contributed by atoms with E-state index < -0.39 is 29.6 Å². The summed E-state index contributed by atoms with van der Waals surface area (Å²) in [5, 5.41) is 23.2. The molecule has 31 heavy (non-hydrogen) atoms. The van der Waals surface area contributed by atoms with Gasteiger partial charge in [0.05, 0.1) is 12.6 Å². The van der Waals surface area contributed by atoms with Crippen LogP contribution in [0.2, 0.25) is 5.02 Å². The average Bonchev–Trinajstić information content (AvgIpc) is 3.15. The maximum atomic E-state index is 12.3. The van der Waals surface area contributed by atoms with Crippen LogP contribution in [0.5, 0.6) is 0 Å². The van der Waals surface area contributed by atoms with Crippen molar-refractivity contribution in [2.75, 3.05) is 6.54 Å². The minimum atomic E-state index is -2.14. The molecule has 9 nitrogen and oxygen atoms in total. The number of nitrogens with zero attached hydrogens (tertiary/aromatic N) is 1. The Kier molecular flexibility index (Phi) is 6.59. The molecule has 2 aromatic carbocycles. The van der Waals surface area contributed by atoms with Crippen molar-refractivity contribution in [1.82, 2.24) is 15.6 Å². The minimum absolute atomic E-state index is 0.0760. The molecule has 10 heteroatoms. The van der Waals surface area contributed by atoms with Gasteiger partial charge in [0.15, 0.2) is 5.60 Å². The molecule has 1 aromatic heterocycles. The summed E-state index contributed by atoms with van der Waals surface area (Å²) in [7, 11) is 0. The zero-order valence-electron chi connectivity index (χ0n) is 16.5. The number of carboxylic acid groups (broad SMARTS) is 1. The van der Waals surface area contributed by atoms with Gasteiger partial charge < -0.3 is 14.7 Å². The van der Waals surface area contributed by atoms with E-state index in [-0.39, 0.29) is 12.3 Å². The van der Waals surface area contributed by atoms with Gasteiger partial charge in [-0.25, -0.2) is 9.80 Å². The number of amides is 1. The average molecular weight is 446 g/mol. The van der Waals surface area contributed by atoms with Gasteiger partial charge >= 0.3 is 11.9 Å². The first-order valence-electron chi connectivity index (χ1n) is 9.20.